The zero-order valence-electron chi connectivity index (χ0n) is 19.6. The van der Waals surface area contributed by atoms with Gasteiger partial charge in [-0.1, -0.05) is 13.8 Å². The van der Waals surface area contributed by atoms with Crippen LogP contribution in [0, 0.1) is 5.92 Å². The molecule has 0 amide bonds. The predicted octanol–water partition coefficient (Wildman–Crippen LogP) is 4.20. The molecule has 4 aromatic rings. The van der Waals surface area contributed by atoms with Gasteiger partial charge in [-0.15, -0.1) is 0 Å². The fourth-order valence-electron chi connectivity index (χ4n) is 3.57. The van der Waals surface area contributed by atoms with Gasteiger partial charge < -0.3 is 19.5 Å². The van der Waals surface area contributed by atoms with Crippen LogP contribution in [0.3, 0.4) is 0 Å². The Hall–Kier alpha value is -3.65. The second-order valence-corrected chi connectivity index (χ2v) is 8.32. The van der Waals surface area contributed by atoms with E-state index >= 15 is 0 Å². The van der Waals surface area contributed by atoms with Crippen molar-refractivity contribution in [3.8, 4) is 22.8 Å². The smallest absolute Gasteiger partial charge is 0.124 e. The Balaban J connectivity index is 1.81. The lowest BCUT2D eigenvalue weighted by Gasteiger charge is -2.29. The third kappa shape index (κ3) is 4.90. The first kappa shape index (κ1) is 22.5. The molecule has 33 heavy (non-hydrogen) atoms. The van der Waals surface area contributed by atoms with Gasteiger partial charge in [-0.25, -0.2) is 4.98 Å². The van der Waals surface area contributed by atoms with Crippen LogP contribution in [0.15, 0.2) is 55.0 Å². The normalized spacial score (nSPS) is 12.2. The number of rotatable bonds is 8. The van der Waals surface area contributed by atoms with Gasteiger partial charge in [-0.2, -0.15) is 5.10 Å². The second-order valence-electron chi connectivity index (χ2n) is 8.32. The number of aryl methyl sites for hydroxylation is 1. The predicted molar refractivity (Wildman–Crippen MR) is 129 cm³/mol. The van der Waals surface area contributed by atoms with Gasteiger partial charge in [0, 0.05) is 54.9 Å². The van der Waals surface area contributed by atoms with Crippen molar-refractivity contribution in [1.29, 1.82) is 0 Å². The van der Waals surface area contributed by atoms with Gasteiger partial charge in [0.05, 0.1) is 49.4 Å². The van der Waals surface area contributed by atoms with Crippen molar-refractivity contribution in [1.82, 2.24) is 19.7 Å². The number of hydrogen-bond acceptors (Lipinski definition) is 7. The number of methoxy groups -OCH3 is 2. The van der Waals surface area contributed by atoms with Crippen LogP contribution in [0.25, 0.3) is 22.3 Å². The maximum absolute atomic E-state index is 10.7. The SMILES string of the molecule is COc1cc(OC)cc(N(CC(O)C(C)C)c2ccc3ncc(-c4cnn(C)c4)nc3c2)c1. The van der Waals surface area contributed by atoms with E-state index in [2.05, 4.69) is 10.1 Å². The average molecular weight is 448 g/mol. The molecule has 0 aliphatic carbocycles. The number of fused-ring (bicyclic) bond motifs is 1. The molecule has 0 saturated carbocycles. The van der Waals surface area contributed by atoms with E-state index in [-0.39, 0.29) is 5.92 Å². The number of aliphatic hydroxyl groups excluding tert-OH is 1. The largest absolute Gasteiger partial charge is 0.497 e. The van der Waals surface area contributed by atoms with Gasteiger partial charge in [-0.05, 0) is 24.1 Å². The highest BCUT2D eigenvalue weighted by molar-refractivity contribution is 5.82. The summed E-state index contributed by atoms with van der Waals surface area (Å²) in [7, 11) is 5.12. The lowest BCUT2D eigenvalue weighted by Crippen LogP contribution is -2.32. The highest BCUT2D eigenvalue weighted by Crippen LogP contribution is 2.34. The molecule has 2 heterocycles. The molecule has 8 heteroatoms. The number of nitrogens with zero attached hydrogens (tertiary/aromatic N) is 5. The lowest BCUT2D eigenvalue weighted by atomic mass is 10.1. The van der Waals surface area contributed by atoms with Gasteiger partial charge in [0.1, 0.15) is 11.5 Å². The van der Waals surface area contributed by atoms with E-state index in [1.807, 2.05) is 68.4 Å². The number of benzene rings is 2. The van der Waals surface area contributed by atoms with Crippen molar-refractivity contribution < 1.29 is 14.6 Å². The van der Waals surface area contributed by atoms with E-state index in [0.717, 1.165) is 33.7 Å². The van der Waals surface area contributed by atoms with E-state index in [4.69, 9.17) is 14.5 Å². The van der Waals surface area contributed by atoms with Crippen molar-refractivity contribution in [2.45, 2.75) is 20.0 Å². The summed E-state index contributed by atoms with van der Waals surface area (Å²) < 4.78 is 12.7. The van der Waals surface area contributed by atoms with Crippen molar-refractivity contribution in [2.24, 2.45) is 13.0 Å². The second kappa shape index (κ2) is 9.46. The minimum atomic E-state index is -0.536. The Labute approximate surface area is 193 Å². The van der Waals surface area contributed by atoms with Crippen LogP contribution in [-0.4, -0.2) is 51.7 Å². The summed E-state index contributed by atoms with van der Waals surface area (Å²) in [6.45, 7) is 4.40. The molecule has 172 valence electrons. The monoisotopic (exact) mass is 447 g/mol. The summed E-state index contributed by atoms with van der Waals surface area (Å²) in [4.78, 5) is 11.4. The topological polar surface area (TPSA) is 85.5 Å². The molecule has 0 bridgehead atoms. The number of hydrogen-bond donors (Lipinski definition) is 1. The van der Waals surface area contributed by atoms with Crippen LogP contribution in [-0.2, 0) is 7.05 Å². The Morgan fingerprint density at radius 3 is 2.30 bits per heavy atom. The zero-order valence-corrected chi connectivity index (χ0v) is 19.6. The Morgan fingerprint density at radius 2 is 1.70 bits per heavy atom. The van der Waals surface area contributed by atoms with Crippen LogP contribution >= 0.6 is 0 Å². The Kier molecular flexibility index (Phi) is 6.46. The molecule has 0 fully saturated rings. The van der Waals surface area contributed by atoms with Gasteiger partial charge >= 0.3 is 0 Å². The fraction of sp³-hybridized carbons (Fsp3) is 0.320. The van der Waals surface area contributed by atoms with Crippen LogP contribution in [0.5, 0.6) is 11.5 Å². The molecule has 2 aromatic heterocycles. The molecule has 1 unspecified atom stereocenters. The summed E-state index contributed by atoms with van der Waals surface area (Å²) in [6, 6.07) is 11.6. The molecular weight excluding hydrogens is 418 g/mol. The summed E-state index contributed by atoms with van der Waals surface area (Å²) in [5.74, 6) is 1.44. The number of aliphatic hydroxyl groups is 1. The highest BCUT2D eigenvalue weighted by Gasteiger charge is 2.19. The zero-order chi connectivity index (χ0) is 23.5. The molecule has 0 saturated heterocycles. The van der Waals surface area contributed by atoms with E-state index in [0.29, 0.717) is 18.0 Å². The van der Waals surface area contributed by atoms with Crippen molar-refractivity contribution >= 4 is 22.4 Å². The Bertz CT molecular complexity index is 1230. The number of anilines is 2. The van der Waals surface area contributed by atoms with Gasteiger partial charge in [-0.3, -0.25) is 9.67 Å². The standard InChI is InChI=1S/C25H29N5O3/c1-16(2)25(31)15-30(19-8-20(32-4)11-21(9-19)33-5)18-6-7-22-23(10-18)28-24(13-26-22)17-12-27-29(3)14-17/h6-14,16,25,31H,15H2,1-5H3. The van der Waals surface area contributed by atoms with Crippen molar-refractivity contribution in [2.75, 3.05) is 25.7 Å². The van der Waals surface area contributed by atoms with Crippen molar-refractivity contribution in [3.63, 3.8) is 0 Å². The first-order chi connectivity index (χ1) is 15.9. The molecular formula is C25H29N5O3. The minimum Gasteiger partial charge on any atom is -0.497 e. The molecule has 0 spiro atoms. The molecule has 0 radical (unpaired) electrons. The van der Waals surface area contributed by atoms with E-state index in [1.165, 1.54) is 0 Å². The summed E-state index contributed by atoms with van der Waals surface area (Å²) in [6.07, 6.45) is 4.90. The Morgan fingerprint density at radius 1 is 0.970 bits per heavy atom. The third-order valence-corrected chi connectivity index (χ3v) is 5.63. The highest BCUT2D eigenvalue weighted by atomic mass is 16.5. The maximum atomic E-state index is 10.7. The molecule has 1 atom stereocenters. The summed E-state index contributed by atoms with van der Waals surface area (Å²) in [5, 5.41) is 15.0. The maximum Gasteiger partial charge on any atom is 0.124 e. The molecule has 4 rings (SSSR count). The molecule has 0 aliphatic heterocycles. The van der Waals surface area contributed by atoms with E-state index in [1.54, 1.807) is 31.3 Å². The van der Waals surface area contributed by atoms with Crippen LogP contribution in [0.1, 0.15) is 13.8 Å². The van der Waals surface area contributed by atoms with E-state index < -0.39 is 6.10 Å². The minimum absolute atomic E-state index is 0.0948. The van der Waals surface area contributed by atoms with Gasteiger partial charge in [0.25, 0.3) is 0 Å². The molecule has 0 aliphatic rings. The molecule has 1 N–H and O–H groups in total. The van der Waals surface area contributed by atoms with Crippen LogP contribution in [0.2, 0.25) is 0 Å². The number of ether oxygens (including phenoxy) is 2. The molecule has 2 aromatic carbocycles. The van der Waals surface area contributed by atoms with Gasteiger partial charge in [0.2, 0.25) is 0 Å². The van der Waals surface area contributed by atoms with E-state index in [9.17, 15) is 5.11 Å². The first-order valence-corrected chi connectivity index (χ1v) is 10.8. The fourth-order valence-corrected chi connectivity index (χ4v) is 3.57. The quantitative estimate of drug-likeness (QED) is 0.433. The number of aromatic nitrogens is 4. The molecule has 8 nitrogen and oxygen atoms in total. The average Bonchev–Trinajstić information content (AvgIpc) is 3.27. The van der Waals surface area contributed by atoms with Crippen molar-refractivity contribution in [3.05, 3.63) is 55.0 Å². The summed E-state index contributed by atoms with van der Waals surface area (Å²) >= 11 is 0. The summed E-state index contributed by atoms with van der Waals surface area (Å²) in [5.41, 5.74) is 4.94. The first-order valence-electron chi connectivity index (χ1n) is 10.8. The lowest BCUT2D eigenvalue weighted by molar-refractivity contribution is 0.133. The van der Waals surface area contributed by atoms with Crippen LogP contribution < -0.4 is 14.4 Å². The van der Waals surface area contributed by atoms with Gasteiger partial charge in [0.15, 0.2) is 0 Å². The van der Waals surface area contributed by atoms with Crippen LogP contribution in [0.4, 0.5) is 11.4 Å². The third-order valence-electron chi connectivity index (χ3n) is 5.63.